The minimum absolute atomic E-state index is 0.261. The molecule has 0 saturated carbocycles. The van der Waals surface area contributed by atoms with Gasteiger partial charge < -0.3 is 5.73 Å². The third kappa shape index (κ3) is 2.16. The van der Waals surface area contributed by atoms with Gasteiger partial charge in [0.15, 0.2) is 0 Å². The highest BCUT2D eigenvalue weighted by Crippen LogP contribution is 2.26. The van der Waals surface area contributed by atoms with Gasteiger partial charge in [0.05, 0.1) is 39.7 Å². The Labute approximate surface area is 114 Å². The largest absolute Gasteiger partial charge is 0.318 e. The smallest absolute Gasteiger partial charge is 0.0867 e. The standard InChI is InChI=1S/C13H13N5S/c1-9-13(19-8-15-9)12(14)11-7-16-17-18(11)10-5-3-2-4-6-10/h2-8,12H,14H2,1H3. The summed E-state index contributed by atoms with van der Waals surface area (Å²) < 4.78 is 1.77. The summed E-state index contributed by atoms with van der Waals surface area (Å²) in [6.45, 7) is 1.96. The summed E-state index contributed by atoms with van der Waals surface area (Å²) in [5.74, 6) is 0. The van der Waals surface area contributed by atoms with Crippen LogP contribution in [0.3, 0.4) is 0 Å². The van der Waals surface area contributed by atoms with Crippen LogP contribution < -0.4 is 5.73 Å². The van der Waals surface area contributed by atoms with E-state index in [1.165, 1.54) is 0 Å². The molecule has 96 valence electrons. The second kappa shape index (κ2) is 4.91. The van der Waals surface area contributed by atoms with Crippen molar-refractivity contribution in [1.29, 1.82) is 0 Å². The lowest BCUT2D eigenvalue weighted by Crippen LogP contribution is -2.16. The number of para-hydroxylation sites is 1. The van der Waals surface area contributed by atoms with Gasteiger partial charge in [-0.2, -0.15) is 0 Å². The van der Waals surface area contributed by atoms with Gasteiger partial charge in [0.25, 0.3) is 0 Å². The maximum Gasteiger partial charge on any atom is 0.0867 e. The number of aryl methyl sites for hydroxylation is 1. The molecule has 0 spiro atoms. The molecule has 19 heavy (non-hydrogen) atoms. The molecule has 2 aromatic heterocycles. The Morgan fingerprint density at radius 1 is 1.26 bits per heavy atom. The van der Waals surface area contributed by atoms with Gasteiger partial charge in [-0.3, -0.25) is 0 Å². The maximum atomic E-state index is 6.31. The average molecular weight is 271 g/mol. The number of rotatable bonds is 3. The van der Waals surface area contributed by atoms with Gasteiger partial charge >= 0.3 is 0 Å². The van der Waals surface area contributed by atoms with E-state index in [0.29, 0.717) is 0 Å². The van der Waals surface area contributed by atoms with Crippen LogP contribution in [0.1, 0.15) is 22.3 Å². The van der Waals surface area contributed by atoms with E-state index >= 15 is 0 Å². The molecule has 5 nitrogen and oxygen atoms in total. The van der Waals surface area contributed by atoms with E-state index in [4.69, 9.17) is 5.73 Å². The number of aromatic nitrogens is 4. The first-order valence-corrected chi connectivity index (χ1v) is 6.77. The first kappa shape index (κ1) is 12.0. The van der Waals surface area contributed by atoms with E-state index in [2.05, 4.69) is 15.3 Å². The van der Waals surface area contributed by atoms with Gasteiger partial charge in [-0.1, -0.05) is 23.4 Å². The van der Waals surface area contributed by atoms with E-state index in [0.717, 1.165) is 22.0 Å². The highest BCUT2D eigenvalue weighted by Gasteiger charge is 2.19. The molecular formula is C13H13N5S. The lowest BCUT2D eigenvalue weighted by atomic mass is 10.1. The highest BCUT2D eigenvalue weighted by atomic mass is 32.1. The summed E-state index contributed by atoms with van der Waals surface area (Å²) in [6, 6.07) is 9.58. The summed E-state index contributed by atoms with van der Waals surface area (Å²) >= 11 is 1.55. The van der Waals surface area contributed by atoms with Crippen LogP contribution in [0.25, 0.3) is 5.69 Å². The minimum Gasteiger partial charge on any atom is -0.318 e. The molecular weight excluding hydrogens is 258 g/mol. The molecule has 0 radical (unpaired) electrons. The fourth-order valence-corrected chi connectivity index (χ4v) is 2.78. The van der Waals surface area contributed by atoms with Crippen LogP contribution in [0, 0.1) is 6.92 Å². The number of hydrogen-bond donors (Lipinski definition) is 1. The lowest BCUT2D eigenvalue weighted by Gasteiger charge is -2.12. The van der Waals surface area contributed by atoms with Gasteiger partial charge in [-0.25, -0.2) is 9.67 Å². The zero-order valence-corrected chi connectivity index (χ0v) is 11.2. The summed E-state index contributed by atoms with van der Waals surface area (Å²) in [5.41, 5.74) is 10.9. The van der Waals surface area contributed by atoms with Gasteiger partial charge in [0.2, 0.25) is 0 Å². The summed E-state index contributed by atoms with van der Waals surface area (Å²) in [5, 5.41) is 8.09. The first-order chi connectivity index (χ1) is 9.27. The Hall–Kier alpha value is -2.05. The van der Waals surface area contributed by atoms with Crippen molar-refractivity contribution in [1.82, 2.24) is 20.0 Å². The van der Waals surface area contributed by atoms with Crippen molar-refractivity contribution in [3.05, 3.63) is 58.3 Å². The Morgan fingerprint density at radius 2 is 2.05 bits per heavy atom. The van der Waals surface area contributed by atoms with E-state index < -0.39 is 0 Å². The molecule has 0 fully saturated rings. The molecule has 2 heterocycles. The molecule has 0 bridgehead atoms. The predicted molar refractivity (Wildman–Crippen MR) is 74.2 cm³/mol. The Bertz CT molecular complexity index is 673. The number of benzene rings is 1. The van der Waals surface area contributed by atoms with E-state index in [1.54, 1.807) is 27.7 Å². The summed E-state index contributed by atoms with van der Waals surface area (Å²) in [7, 11) is 0. The van der Waals surface area contributed by atoms with Crippen molar-refractivity contribution in [2.24, 2.45) is 5.73 Å². The molecule has 0 amide bonds. The van der Waals surface area contributed by atoms with Gasteiger partial charge in [0, 0.05) is 0 Å². The lowest BCUT2D eigenvalue weighted by molar-refractivity contribution is 0.722. The van der Waals surface area contributed by atoms with Crippen LogP contribution in [0.15, 0.2) is 42.0 Å². The molecule has 0 aliphatic carbocycles. The molecule has 1 aromatic carbocycles. The third-order valence-electron chi connectivity index (χ3n) is 2.96. The van der Waals surface area contributed by atoms with E-state index in [-0.39, 0.29) is 6.04 Å². The van der Waals surface area contributed by atoms with Crippen molar-refractivity contribution < 1.29 is 0 Å². The van der Waals surface area contributed by atoms with Gasteiger partial charge in [0.1, 0.15) is 0 Å². The number of thiazole rings is 1. The van der Waals surface area contributed by atoms with Crippen molar-refractivity contribution in [3.8, 4) is 5.69 Å². The van der Waals surface area contributed by atoms with Crippen LogP contribution in [-0.4, -0.2) is 20.0 Å². The van der Waals surface area contributed by atoms with Gasteiger partial charge in [-0.15, -0.1) is 16.4 Å². The number of hydrogen-bond acceptors (Lipinski definition) is 5. The molecule has 0 aliphatic heterocycles. The molecule has 1 unspecified atom stereocenters. The summed E-state index contributed by atoms with van der Waals surface area (Å²) in [4.78, 5) is 5.28. The highest BCUT2D eigenvalue weighted by molar-refractivity contribution is 7.09. The second-order valence-electron chi connectivity index (χ2n) is 4.19. The molecule has 2 N–H and O–H groups in total. The van der Waals surface area contributed by atoms with Crippen molar-refractivity contribution in [2.75, 3.05) is 0 Å². The Balaban J connectivity index is 2.04. The Morgan fingerprint density at radius 3 is 2.74 bits per heavy atom. The Kier molecular flexibility index (Phi) is 3.10. The quantitative estimate of drug-likeness (QED) is 0.791. The second-order valence-corrected chi connectivity index (χ2v) is 5.07. The fourth-order valence-electron chi connectivity index (χ4n) is 1.97. The SMILES string of the molecule is Cc1ncsc1C(N)c1cnnn1-c1ccccc1. The molecule has 3 aromatic rings. The van der Waals surface area contributed by atoms with Crippen molar-refractivity contribution >= 4 is 11.3 Å². The molecule has 0 aliphatic rings. The molecule has 0 saturated heterocycles. The molecule has 6 heteroatoms. The van der Waals surface area contributed by atoms with Crippen LogP contribution in [0.4, 0.5) is 0 Å². The number of nitrogens with two attached hydrogens (primary N) is 1. The normalized spacial score (nSPS) is 12.5. The molecule has 1 atom stereocenters. The van der Waals surface area contributed by atoms with E-state index in [9.17, 15) is 0 Å². The van der Waals surface area contributed by atoms with Crippen molar-refractivity contribution in [2.45, 2.75) is 13.0 Å². The molecule has 3 rings (SSSR count). The topological polar surface area (TPSA) is 69.6 Å². The van der Waals surface area contributed by atoms with Gasteiger partial charge in [-0.05, 0) is 19.1 Å². The minimum atomic E-state index is -0.261. The zero-order valence-electron chi connectivity index (χ0n) is 10.4. The van der Waals surface area contributed by atoms with E-state index in [1.807, 2.05) is 37.3 Å². The number of nitrogens with zero attached hydrogens (tertiary/aromatic N) is 4. The monoisotopic (exact) mass is 271 g/mol. The zero-order chi connectivity index (χ0) is 13.2. The van der Waals surface area contributed by atoms with Crippen LogP contribution in [0.2, 0.25) is 0 Å². The predicted octanol–water partition coefficient (Wildman–Crippen LogP) is 2.08. The first-order valence-electron chi connectivity index (χ1n) is 5.89. The summed E-state index contributed by atoms with van der Waals surface area (Å²) in [6.07, 6.45) is 1.71. The van der Waals surface area contributed by atoms with Crippen molar-refractivity contribution in [3.63, 3.8) is 0 Å². The third-order valence-corrected chi connectivity index (χ3v) is 3.97. The average Bonchev–Trinajstić information content (AvgIpc) is 3.07. The van der Waals surface area contributed by atoms with Crippen LogP contribution in [0.5, 0.6) is 0 Å². The van der Waals surface area contributed by atoms with Crippen LogP contribution >= 0.6 is 11.3 Å². The van der Waals surface area contributed by atoms with Crippen LogP contribution in [-0.2, 0) is 0 Å². The fraction of sp³-hybridized carbons (Fsp3) is 0.154. The maximum absolute atomic E-state index is 6.31.